The predicted molar refractivity (Wildman–Crippen MR) is 159 cm³/mol. The lowest BCUT2D eigenvalue weighted by Crippen LogP contribution is -2.25. The van der Waals surface area contributed by atoms with Crippen LogP contribution in [0, 0.1) is 5.41 Å². The van der Waals surface area contributed by atoms with Gasteiger partial charge in [0.15, 0.2) is 0 Å². The molecular formula is C34H62O2. The number of rotatable bonds is 22. The molecular weight excluding hydrogens is 440 g/mol. The molecule has 1 aromatic carbocycles. The Morgan fingerprint density at radius 1 is 0.611 bits per heavy atom. The van der Waals surface area contributed by atoms with Crippen LogP contribution in [-0.4, -0.2) is 11.7 Å². The lowest BCUT2D eigenvalue weighted by molar-refractivity contribution is 0.274. The second-order valence-corrected chi connectivity index (χ2v) is 13.2. The zero-order valence-corrected chi connectivity index (χ0v) is 25.2. The highest BCUT2D eigenvalue weighted by Gasteiger charge is 2.29. The molecule has 0 aliphatic carbocycles. The lowest BCUT2D eigenvalue weighted by Gasteiger charge is -2.33. The van der Waals surface area contributed by atoms with Gasteiger partial charge in [-0.1, -0.05) is 151 Å². The Morgan fingerprint density at radius 2 is 1.03 bits per heavy atom. The van der Waals surface area contributed by atoms with Gasteiger partial charge in [0, 0.05) is 5.56 Å². The van der Waals surface area contributed by atoms with Crippen LogP contribution in [0.1, 0.15) is 169 Å². The molecule has 2 heteroatoms. The van der Waals surface area contributed by atoms with Crippen LogP contribution in [0.4, 0.5) is 0 Å². The molecule has 36 heavy (non-hydrogen) atoms. The van der Waals surface area contributed by atoms with E-state index in [1.54, 1.807) is 6.07 Å². The summed E-state index contributed by atoms with van der Waals surface area (Å²) in [6, 6.07) is 5.75. The van der Waals surface area contributed by atoms with Crippen LogP contribution in [0.15, 0.2) is 18.2 Å². The molecule has 1 rings (SSSR count). The maximum absolute atomic E-state index is 10.4. The van der Waals surface area contributed by atoms with Gasteiger partial charge in [-0.05, 0) is 41.9 Å². The minimum atomic E-state index is -0.0880. The van der Waals surface area contributed by atoms with Gasteiger partial charge in [0.05, 0.1) is 6.61 Å². The first-order valence-electron chi connectivity index (χ1n) is 15.6. The quantitative estimate of drug-likeness (QED) is 0.160. The zero-order chi connectivity index (χ0) is 26.7. The van der Waals surface area contributed by atoms with Crippen LogP contribution in [0.25, 0.3) is 0 Å². The Hall–Kier alpha value is -1.18. The summed E-state index contributed by atoms with van der Waals surface area (Å²) in [5, 5.41) is 10.4. The molecule has 0 aromatic heterocycles. The topological polar surface area (TPSA) is 29.5 Å². The van der Waals surface area contributed by atoms with Crippen molar-refractivity contribution in [3.63, 3.8) is 0 Å². The first-order chi connectivity index (χ1) is 17.2. The molecule has 0 heterocycles. The molecule has 0 saturated carbocycles. The predicted octanol–water partition coefficient (Wildman–Crippen LogP) is 11.5. The zero-order valence-electron chi connectivity index (χ0n) is 25.2. The van der Waals surface area contributed by atoms with Gasteiger partial charge >= 0.3 is 0 Å². The molecule has 0 amide bonds. The smallest absolute Gasteiger partial charge is 0.119 e. The van der Waals surface area contributed by atoms with Gasteiger partial charge in [-0.15, -0.1) is 0 Å². The number of benzene rings is 1. The maximum atomic E-state index is 10.4. The number of hydrogen-bond acceptors (Lipinski definition) is 2. The third-order valence-corrected chi connectivity index (χ3v) is 7.44. The minimum Gasteiger partial charge on any atom is -0.508 e. The third kappa shape index (κ3) is 16.5. The van der Waals surface area contributed by atoms with Gasteiger partial charge in [0.25, 0.3) is 0 Å². The van der Waals surface area contributed by atoms with Gasteiger partial charge < -0.3 is 9.84 Å². The molecule has 210 valence electrons. The largest absolute Gasteiger partial charge is 0.508 e. The molecule has 0 radical (unpaired) electrons. The van der Waals surface area contributed by atoms with E-state index in [2.05, 4.69) is 47.6 Å². The Labute approximate surface area is 226 Å². The number of phenolic OH excluding ortho intramolecular Hbond substituents is 1. The molecule has 0 spiro atoms. The Bertz CT molecular complexity index is 656. The van der Waals surface area contributed by atoms with E-state index in [1.165, 1.54) is 109 Å². The van der Waals surface area contributed by atoms with Crippen molar-refractivity contribution in [2.24, 2.45) is 5.41 Å². The third-order valence-electron chi connectivity index (χ3n) is 7.44. The first-order valence-corrected chi connectivity index (χ1v) is 15.6. The van der Waals surface area contributed by atoms with E-state index in [9.17, 15) is 5.11 Å². The van der Waals surface area contributed by atoms with Gasteiger partial charge in [0.2, 0.25) is 0 Å². The van der Waals surface area contributed by atoms with Crippen LogP contribution in [0.2, 0.25) is 0 Å². The van der Waals surface area contributed by atoms with Gasteiger partial charge in [-0.25, -0.2) is 0 Å². The molecule has 1 N–H and O–H groups in total. The van der Waals surface area contributed by atoms with Crippen LogP contribution in [-0.2, 0) is 5.41 Å². The van der Waals surface area contributed by atoms with E-state index in [4.69, 9.17) is 4.74 Å². The first kappa shape index (κ1) is 32.8. The van der Waals surface area contributed by atoms with Gasteiger partial charge in [-0.2, -0.15) is 0 Å². The lowest BCUT2D eigenvalue weighted by atomic mass is 9.72. The summed E-state index contributed by atoms with van der Waals surface area (Å²) in [6.07, 6.45) is 26.1. The van der Waals surface area contributed by atoms with E-state index in [0.29, 0.717) is 5.75 Å². The van der Waals surface area contributed by atoms with Gasteiger partial charge in [0.1, 0.15) is 11.5 Å². The highest BCUT2D eigenvalue weighted by atomic mass is 16.5. The Morgan fingerprint density at radius 3 is 1.44 bits per heavy atom. The number of hydrogen-bond donors (Lipinski definition) is 1. The highest BCUT2D eigenvalue weighted by molar-refractivity contribution is 5.43. The normalized spacial score (nSPS) is 12.3. The average Bonchev–Trinajstić information content (AvgIpc) is 2.80. The van der Waals surface area contributed by atoms with E-state index in [0.717, 1.165) is 30.8 Å². The standard InChI is InChI=1S/C34H62O2/c1-7-8-9-10-11-12-13-14-15-16-17-18-19-20-21-22-23-24-27-36-30-25-26-32(35)31(28-30)34(5,6)29-33(2,3)4/h25-26,28,35H,7-24,27,29H2,1-6H3. The second-order valence-electron chi connectivity index (χ2n) is 13.2. The maximum Gasteiger partial charge on any atom is 0.119 e. The second kappa shape index (κ2) is 19.0. The number of unbranched alkanes of at least 4 members (excludes halogenated alkanes) is 17. The molecule has 0 saturated heterocycles. The van der Waals surface area contributed by atoms with Crippen molar-refractivity contribution in [2.45, 2.75) is 169 Å². The van der Waals surface area contributed by atoms with Crippen molar-refractivity contribution < 1.29 is 9.84 Å². The number of ether oxygens (including phenoxy) is 1. The summed E-state index contributed by atoms with van der Waals surface area (Å²) >= 11 is 0. The summed E-state index contributed by atoms with van der Waals surface area (Å²) in [6.45, 7) is 14.3. The fourth-order valence-corrected chi connectivity index (χ4v) is 5.76. The summed E-state index contributed by atoms with van der Waals surface area (Å²) in [5.74, 6) is 1.27. The van der Waals surface area contributed by atoms with Crippen LogP contribution >= 0.6 is 0 Å². The van der Waals surface area contributed by atoms with E-state index < -0.39 is 0 Å². The SMILES string of the molecule is CCCCCCCCCCCCCCCCCCCCOc1ccc(O)c(C(C)(C)CC(C)(C)C)c1. The van der Waals surface area contributed by atoms with Crippen LogP contribution < -0.4 is 4.74 Å². The molecule has 2 nitrogen and oxygen atoms in total. The minimum absolute atomic E-state index is 0.0880. The average molecular weight is 503 g/mol. The van der Waals surface area contributed by atoms with Crippen molar-refractivity contribution >= 4 is 0 Å². The Balaban J connectivity index is 2.01. The van der Waals surface area contributed by atoms with E-state index >= 15 is 0 Å². The van der Waals surface area contributed by atoms with Crippen molar-refractivity contribution in [3.05, 3.63) is 23.8 Å². The molecule has 0 aliphatic rings. The fourth-order valence-electron chi connectivity index (χ4n) is 5.76. The summed E-state index contributed by atoms with van der Waals surface area (Å²) in [4.78, 5) is 0. The summed E-state index contributed by atoms with van der Waals surface area (Å²) in [5.41, 5.74) is 1.11. The van der Waals surface area contributed by atoms with Crippen molar-refractivity contribution in [1.82, 2.24) is 0 Å². The van der Waals surface area contributed by atoms with Crippen molar-refractivity contribution in [1.29, 1.82) is 0 Å². The van der Waals surface area contributed by atoms with Crippen LogP contribution in [0.5, 0.6) is 11.5 Å². The van der Waals surface area contributed by atoms with Crippen LogP contribution in [0.3, 0.4) is 0 Å². The fraction of sp³-hybridized carbons (Fsp3) is 0.824. The molecule has 0 aliphatic heterocycles. The van der Waals surface area contributed by atoms with Crippen molar-refractivity contribution in [2.75, 3.05) is 6.61 Å². The Kier molecular flexibility index (Phi) is 17.3. The van der Waals surface area contributed by atoms with Crippen molar-refractivity contribution in [3.8, 4) is 11.5 Å². The molecule has 1 aromatic rings. The van der Waals surface area contributed by atoms with E-state index in [1.807, 2.05) is 6.07 Å². The van der Waals surface area contributed by atoms with Gasteiger partial charge in [-0.3, -0.25) is 0 Å². The monoisotopic (exact) mass is 502 g/mol. The molecule has 0 unspecified atom stereocenters. The molecule has 0 fully saturated rings. The van der Waals surface area contributed by atoms with E-state index in [-0.39, 0.29) is 10.8 Å². The summed E-state index contributed by atoms with van der Waals surface area (Å²) in [7, 11) is 0. The number of phenols is 1. The molecule has 0 bridgehead atoms. The summed E-state index contributed by atoms with van der Waals surface area (Å²) < 4.78 is 6.04. The highest BCUT2D eigenvalue weighted by Crippen LogP contribution is 2.41. The number of aromatic hydroxyl groups is 1. The molecule has 0 atom stereocenters.